The molecule has 0 unspecified atom stereocenters. The lowest BCUT2D eigenvalue weighted by molar-refractivity contribution is -0.121. The van der Waals surface area contributed by atoms with E-state index in [0.29, 0.717) is 46.7 Å². The predicted octanol–water partition coefficient (Wildman–Crippen LogP) is 5.48. The summed E-state index contributed by atoms with van der Waals surface area (Å²) < 4.78 is 7.49. The molecule has 5 rings (SSSR count). The molecule has 1 aliphatic heterocycles. The van der Waals surface area contributed by atoms with Crippen molar-refractivity contribution in [3.63, 3.8) is 0 Å². The maximum absolute atomic E-state index is 13.2. The summed E-state index contributed by atoms with van der Waals surface area (Å²) >= 11 is 6.19. The molecule has 1 amide bonds. The molecule has 0 saturated carbocycles. The minimum Gasteiger partial charge on any atom is -0.497 e. The second-order valence-corrected chi connectivity index (χ2v) is 15.9. The van der Waals surface area contributed by atoms with E-state index in [1.165, 1.54) is 0 Å². The summed E-state index contributed by atoms with van der Waals surface area (Å²) in [4.78, 5) is 41.1. The molecule has 0 aliphatic carbocycles. The summed E-state index contributed by atoms with van der Waals surface area (Å²) in [7, 11) is -0.761. The maximum atomic E-state index is 13.2. The van der Waals surface area contributed by atoms with E-state index in [9.17, 15) is 14.4 Å². The fourth-order valence-corrected chi connectivity index (χ4v) is 6.56. The number of methoxy groups -OCH3 is 1. The number of amides is 1. The molecule has 0 saturated heterocycles. The summed E-state index contributed by atoms with van der Waals surface area (Å²) in [5.41, 5.74) is 3.93. The predicted molar refractivity (Wildman–Crippen MR) is 179 cm³/mol. The Morgan fingerprint density at radius 1 is 1.00 bits per heavy atom. The van der Waals surface area contributed by atoms with Gasteiger partial charge in [-0.05, 0) is 68.4 Å². The van der Waals surface area contributed by atoms with Crippen LogP contribution in [0.5, 0.6) is 5.75 Å². The van der Waals surface area contributed by atoms with Crippen LogP contribution in [0, 0.1) is 6.92 Å². The van der Waals surface area contributed by atoms with E-state index in [1.807, 2.05) is 79.2 Å². The van der Waals surface area contributed by atoms with Crippen molar-refractivity contribution in [1.29, 1.82) is 0 Å². The number of aliphatic imine (C=N–C) groups is 1. The minimum atomic E-state index is -2.38. The zero-order valence-electron chi connectivity index (χ0n) is 26.0. The normalized spacial score (nSPS) is 14.2. The van der Waals surface area contributed by atoms with Gasteiger partial charge in [0.15, 0.2) is 11.6 Å². The van der Waals surface area contributed by atoms with Gasteiger partial charge in [0.25, 0.3) is 0 Å². The SMILES string of the molecule is COc1ccc2c(c1)C(c1ccc(Cl)cc1)=N[C@@H](CC(=O)NCCCCCC(=O)c1ccc([Si](C)(C)O)cc1)c1nnc(C)n1-2. The zero-order chi connectivity index (χ0) is 32.1. The van der Waals surface area contributed by atoms with Crippen LogP contribution in [0.15, 0.2) is 71.7 Å². The molecule has 1 aliphatic rings. The number of aromatic nitrogens is 3. The first-order valence-corrected chi connectivity index (χ1v) is 18.4. The highest BCUT2D eigenvalue weighted by atomic mass is 35.5. The van der Waals surface area contributed by atoms with Gasteiger partial charge in [-0.3, -0.25) is 19.1 Å². The molecule has 9 nitrogen and oxygen atoms in total. The average Bonchev–Trinajstić information content (AvgIpc) is 3.35. The molecule has 1 atom stereocenters. The number of ether oxygens (including phenoxy) is 1. The third-order valence-electron chi connectivity index (χ3n) is 7.95. The average molecular weight is 644 g/mol. The molecule has 2 N–H and O–H groups in total. The van der Waals surface area contributed by atoms with Crippen molar-refractivity contribution in [2.45, 2.75) is 58.2 Å². The summed E-state index contributed by atoms with van der Waals surface area (Å²) in [5, 5.41) is 13.3. The molecular weight excluding hydrogens is 606 g/mol. The van der Waals surface area contributed by atoms with Crippen molar-refractivity contribution in [2.24, 2.45) is 4.99 Å². The van der Waals surface area contributed by atoms with Crippen molar-refractivity contribution in [3.05, 3.63) is 100 Å². The van der Waals surface area contributed by atoms with Gasteiger partial charge in [0.05, 0.1) is 24.9 Å². The van der Waals surface area contributed by atoms with Crippen LogP contribution in [-0.2, 0) is 4.79 Å². The number of nitrogens with one attached hydrogen (secondary N) is 1. The summed E-state index contributed by atoms with van der Waals surface area (Å²) in [6, 6.07) is 20.0. The Hall–Kier alpha value is -4.12. The number of fused-ring (bicyclic) bond motifs is 3. The first kappa shape index (κ1) is 32.3. The highest BCUT2D eigenvalue weighted by molar-refractivity contribution is 6.83. The molecule has 0 bridgehead atoms. The largest absolute Gasteiger partial charge is 0.497 e. The van der Waals surface area contributed by atoms with Crippen LogP contribution >= 0.6 is 11.6 Å². The first-order chi connectivity index (χ1) is 21.5. The summed E-state index contributed by atoms with van der Waals surface area (Å²) in [5.74, 6) is 1.92. The van der Waals surface area contributed by atoms with Gasteiger partial charge in [0, 0.05) is 34.7 Å². The number of aryl methyl sites for hydroxylation is 1. The van der Waals surface area contributed by atoms with E-state index in [2.05, 4.69) is 15.5 Å². The Labute approximate surface area is 269 Å². The molecule has 0 spiro atoms. The molecule has 0 fully saturated rings. The molecule has 1 aromatic heterocycles. The number of Topliss-reactive ketones (excluding diaryl/α,β-unsaturated/α-hetero) is 1. The van der Waals surface area contributed by atoms with Gasteiger partial charge in [-0.15, -0.1) is 10.2 Å². The van der Waals surface area contributed by atoms with Crippen molar-refractivity contribution < 1.29 is 19.1 Å². The number of ketones is 1. The number of benzene rings is 3. The Kier molecular flexibility index (Phi) is 9.96. The molecular formula is C34H38ClN5O4Si. The maximum Gasteiger partial charge on any atom is 0.222 e. The van der Waals surface area contributed by atoms with Gasteiger partial charge < -0.3 is 14.8 Å². The monoisotopic (exact) mass is 643 g/mol. The lowest BCUT2D eigenvalue weighted by Crippen LogP contribution is -2.41. The van der Waals surface area contributed by atoms with E-state index in [4.69, 9.17) is 21.3 Å². The van der Waals surface area contributed by atoms with Gasteiger partial charge in [-0.1, -0.05) is 54.4 Å². The van der Waals surface area contributed by atoms with Crippen molar-refractivity contribution in [2.75, 3.05) is 13.7 Å². The number of rotatable bonds is 12. The van der Waals surface area contributed by atoms with Crippen LogP contribution in [0.3, 0.4) is 0 Å². The highest BCUT2D eigenvalue weighted by Crippen LogP contribution is 2.34. The Morgan fingerprint density at radius 3 is 2.42 bits per heavy atom. The summed E-state index contributed by atoms with van der Waals surface area (Å²) in [6.07, 6.45) is 2.85. The standard InChI is InChI=1S/C34H38ClN5O4Si/c1-22-38-39-34-29(21-32(42)36-19-7-5-6-8-31(41)23-11-16-27(17-12-23)45(3,4)43)37-33(24-9-13-25(35)14-10-24)28-20-26(44-2)15-18-30(28)40(22)34/h9-18,20,29,43H,5-8,19,21H2,1-4H3,(H,36,42)/t29-/m0/s1. The van der Waals surface area contributed by atoms with Crippen LogP contribution in [0.4, 0.5) is 0 Å². The molecule has 45 heavy (non-hydrogen) atoms. The number of nitrogens with zero attached hydrogens (tertiary/aromatic N) is 4. The first-order valence-electron chi connectivity index (χ1n) is 15.1. The van der Waals surface area contributed by atoms with Crippen LogP contribution in [0.1, 0.15) is 71.3 Å². The van der Waals surface area contributed by atoms with Gasteiger partial charge in [0.2, 0.25) is 14.2 Å². The Morgan fingerprint density at radius 2 is 1.73 bits per heavy atom. The molecule has 234 valence electrons. The van der Waals surface area contributed by atoms with E-state index >= 15 is 0 Å². The van der Waals surface area contributed by atoms with Gasteiger partial charge >= 0.3 is 0 Å². The number of carbonyl (C=O) groups excluding carboxylic acids is 2. The van der Waals surface area contributed by atoms with E-state index in [-0.39, 0.29) is 18.1 Å². The van der Waals surface area contributed by atoms with Crippen molar-refractivity contribution in [1.82, 2.24) is 20.1 Å². The molecule has 11 heteroatoms. The van der Waals surface area contributed by atoms with Gasteiger partial charge in [-0.2, -0.15) is 0 Å². The van der Waals surface area contributed by atoms with Crippen LogP contribution < -0.4 is 15.2 Å². The highest BCUT2D eigenvalue weighted by Gasteiger charge is 2.30. The smallest absolute Gasteiger partial charge is 0.222 e. The molecule has 3 aromatic carbocycles. The number of halogens is 1. The van der Waals surface area contributed by atoms with E-state index in [1.54, 1.807) is 19.2 Å². The fraction of sp³-hybridized carbons (Fsp3) is 0.324. The fourth-order valence-electron chi connectivity index (χ4n) is 5.45. The second kappa shape index (κ2) is 13.9. The van der Waals surface area contributed by atoms with Crippen LogP contribution in [0.2, 0.25) is 18.1 Å². The lowest BCUT2D eigenvalue weighted by atomic mass is 10.00. The molecule has 0 radical (unpaired) electrons. The number of carbonyl (C=O) groups is 2. The van der Waals surface area contributed by atoms with E-state index < -0.39 is 14.4 Å². The van der Waals surface area contributed by atoms with Gasteiger partial charge in [-0.25, -0.2) is 0 Å². The quantitative estimate of drug-likeness (QED) is 0.120. The zero-order valence-corrected chi connectivity index (χ0v) is 27.8. The molecule has 2 heterocycles. The summed E-state index contributed by atoms with van der Waals surface area (Å²) in [6.45, 7) is 6.09. The third kappa shape index (κ3) is 7.58. The molecule has 4 aromatic rings. The van der Waals surface area contributed by atoms with Crippen molar-refractivity contribution in [3.8, 4) is 11.4 Å². The second-order valence-electron chi connectivity index (χ2n) is 11.7. The van der Waals surface area contributed by atoms with Crippen LogP contribution in [-0.4, -0.2) is 58.9 Å². The Balaban J connectivity index is 1.23. The third-order valence-corrected chi connectivity index (χ3v) is 9.94. The minimum absolute atomic E-state index is 0.0868. The Bertz CT molecular complexity index is 1710. The topological polar surface area (TPSA) is 119 Å². The lowest BCUT2D eigenvalue weighted by Gasteiger charge is -2.14. The van der Waals surface area contributed by atoms with E-state index in [0.717, 1.165) is 41.3 Å². The number of unbranched alkanes of at least 4 members (excludes halogenated alkanes) is 2. The number of hydrogen-bond acceptors (Lipinski definition) is 7. The number of hydrogen-bond donors (Lipinski definition) is 2. The van der Waals surface area contributed by atoms with Crippen molar-refractivity contribution >= 4 is 42.5 Å². The van der Waals surface area contributed by atoms with Gasteiger partial charge in [0.1, 0.15) is 17.6 Å². The van der Waals surface area contributed by atoms with Crippen LogP contribution in [0.25, 0.3) is 5.69 Å².